The second kappa shape index (κ2) is 8.22. The number of carbonyl (C=O) groups excluding carboxylic acids is 1. The quantitative estimate of drug-likeness (QED) is 0.770. The number of ether oxygens (including phenoxy) is 1. The molecule has 124 valence electrons. The van der Waals surface area contributed by atoms with Crippen molar-refractivity contribution in [2.45, 2.75) is 33.4 Å². The first-order valence-electron chi connectivity index (χ1n) is 7.74. The third kappa shape index (κ3) is 6.02. The Bertz CT molecular complexity index is 605. The van der Waals surface area contributed by atoms with E-state index in [-0.39, 0.29) is 12.1 Å². The summed E-state index contributed by atoms with van der Waals surface area (Å²) in [6.45, 7) is 7.60. The zero-order valence-electron chi connectivity index (χ0n) is 13.9. The van der Waals surface area contributed by atoms with E-state index >= 15 is 0 Å². The summed E-state index contributed by atoms with van der Waals surface area (Å²) in [4.78, 5) is 15.8. The number of benzene rings is 1. The number of carbonyl (C=O) groups is 1. The molecule has 0 spiro atoms. The lowest BCUT2D eigenvalue weighted by atomic mass is 10.1. The van der Waals surface area contributed by atoms with Gasteiger partial charge in [-0.1, -0.05) is 6.07 Å². The molecule has 0 saturated carbocycles. The second-order valence-corrected chi connectivity index (χ2v) is 5.73. The average Bonchev–Trinajstić information content (AvgIpc) is 2.95. The van der Waals surface area contributed by atoms with Crippen LogP contribution in [0.5, 0.6) is 5.75 Å². The molecule has 0 unspecified atom stereocenters. The molecule has 0 bridgehead atoms. The third-order valence-corrected chi connectivity index (χ3v) is 3.27. The number of nitrogens with zero attached hydrogens (tertiary/aromatic N) is 2. The predicted octanol–water partition coefficient (Wildman–Crippen LogP) is 2.27. The Morgan fingerprint density at radius 3 is 2.70 bits per heavy atom. The van der Waals surface area contributed by atoms with E-state index in [0.29, 0.717) is 19.7 Å². The summed E-state index contributed by atoms with van der Waals surface area (Å²) in [6.07, 6.45) is 5.32. The Morgan fingerprint density at radius 1 is 1.30 bits per heavy atom. The fourth-order valence-corrected chi connectivity index (χ4v) is 2.38. The van der Waals surface area contributed by atoms with Crippen molar-refractivity contribution in [2.24, 2.45) is 0 Å². The second-order valence-electron chi connectivity index (χ2n) is 5.73. The van der Waals surface area contributed by atoms with Crippen molar-refractivity contribution < 1.29 is 9.53 Å². The fraction of sp³-hybridized carbons (Fsp3) is 0.412. The van der Waals surface area contributed by atoms with Crippen LogP contribution in [0.15, 0.2) is 36.9 Å². The van der Waals surface area contributed by atoms with Gasteiger partial charge in [0, 0.05) is 25.0 Å². The van der Waals surface area contributed by atoms with Gasteiger partial charge in [0.05, 0.1) is 12.9 Å². The van der Waals surface area contributed by atoms with Crippen LogP contribution in [-0.4, -0.2) is 34.8 Å². The molecule has 0 aliphatic rings. The van der Waals surface area contributed by atoms with Crippen LogP contribution in [0.25, 0.3) is 0 Å². The van der Waals surface area contributed by atoms with E-state index in [1.807, 2.05) is 43.7 Å². The summed E-state index contributed by atoms with van der Waals surface area (Å²) in [5.74, 6) is 0.832. The largest absolute Gasteiger partial charge is 0.492 e. The van der Waals surface area contributed by atoms with Crippen LogP contribution < -0.4 is 15.4 Å². The maximum atomic E-state index is 11.8. The third-order valence-electron chi connectivity index (χ3n) is 3.27. The molecule has 1 aromatic carbocycles. The zero-order chi connectivity index (χ0) is 16.7. The van der Waals surface area contributed by atoms with Gasteiger partial charge >= 0.3 is 6.03 Å². The van der Waals surface area contributed by atoms with E-state index in [1.165, 1.54) is 11.1 Å². The Hall–Kier alpha value is -2.50. The minimum atomic E-state index is -0.193. The smallest absolute Gasteiger partial charge is 0.315 e. The maximum absolute atomic E-state index is 11.8. The van der Waals surface area contributed by atoms with Gasteiger partial charge in [0.1, 0.15) is 12.4 Å². The summed E-state index contributed by atoms with van der Waals surface area (Å²) in [5, 5.41) is 5.67. The summed E-state index contributed by atoms with van der Waals surface area (Å²) < 4.78 is 7.58. The van der Waals surface area contributed by atoms with Crippen molar-refractivity contribution in [2.75, 3.05) is 13.2 Å². The number of amides is 2. The molecular formula is C17H24N4O2. The van der Waals surface area contributed by atoms with Crippen molar-refractivity contribution in [3.63, 3.8) is 0 Å². The summed E-state index contributed by atoms with van der Waals surface area (Å²) in [6, 6.07) is 5.90. The van der Waals surface area contributed by atoms with Crippen molar-refractivity contribution >= 4 is 6.03 Å². The monoisotopic (exact) mass is 316 g/mol. The number of hydrogen-bond acceptors (Lipinski definition) is 3. The van der Waals surface area contributed by atoms with E-state index in [9.17, 15) is 4.79 Å². The number of rotatable bonds is 7. The van der Waals surface area contributed by atoms with Gasteiger partial charge < -0.3 is 19.9 Å². The highest BCUT2D eigenvalue weighted by molar-refractivity contribution is 5.74. The van der Waals surface area contributed by atoms with Gasteiger partial charge in [-0.2, -0.15) is 0 Å². The van der Waals surface area contributed by atoms with E-state index in [2.05, 4.69) is 21.7 Å². The lowest BCUT2D eigenvalue weighted by molar-refractivity contribution is 0.232. The standard InChI is InChI=1S/C17H24N4O2/c1-13-8-14(2)10-16(9-13)23-7-5-19-17(22)20-15(3)11-21-6-4-18-12-21/h4,6,8-10,12,15H,5,7,11H2,1-3H3,(H2,19,20,22)/t15-/m1/s1. The molecule has 6 heteroatoms. The highest BCUT2D eigenvalue weighted by Crippen LogP contribution is 2.15. The molecule has 2 aromatic rings. The van der Waals surface area contributed by atoms with E-state index < -0.39 is 0 Å². The van der Waals surface area contributed by atoms with Crippen LogP contribution in [0.2, 0.25) is 0 Å². The molecule has 0 fully saturated rings. The van der Waals surface area contributed by atoms with Crippen molar-refractivity contribution in [3.05, 3.63) is 48.0 Å². The minimum absolute atomic E-state index is 0.0181. The van der Waals surface area contributed by atoms with E-state index in [0.717, 1.165) is 5.75 Å². The van der Waals surface area contributed by atoms with Gasteiger partial charge in [-0.25, -0.2) is 9.78 Å². The van der Waals surface area contributed by atoms with Crippen LogP contribution in [0.1, 0.15) is 18.1 Å². The SMILES string of the molecule is Cc1cc(C)cc(OCCNC(=O)N[C@H](C)Cn2ccnc2)c1. The Kier molecular flexibility index (Phi) is 6.02. The number of imidazole rings is 1. The lowest BCUT2D eigenvalue weighted by Crippen LogP contribution is -2.43. The van der Waals surface area contributed by atoms with E-state index in [1.54, 1.807) is 12.5 Å². The highest BCUT2D eigenvalue weighted by atomic mass is 16.5. The molecule has 2 rings (SSSR count). The van der Waals surface area contributed by atoms with Gasteiger partial charge in [0.25, 0.3) is 0 Å². The molecule has 0 aliphatic heterocycles. The molecule has 1 heterocycles. The van der Waals surface area contributed by atoms with Crippen LogP contribution in [0, 0.1) is 13.8 Å². The molecule has 0 aliphatic carbocycles. The topological polar surface area (TPSA) is 68.2 Å². The van der Waals surface area contributed by atoms with Crippen molar-refractivity contribution in [1.29, 1.82) is 0 Å². The van der Waals surface area contributed by atoms with Gasteiger partial charge in [-0.3, -0.25) is 0 Å². The maximum Gasteiger partial charge on any atom is 0.315 e. The number of aryl methyl sites for hydroxylation is 2. The van der Waals surface area contributed by atoms with Gasteiger partial charge in [0.2, 0.25) is 0 Å². The van der Waals surface area contributed by atoms with Gasteiger partial charge in [-0.05, 0) is 44.0 Å². The molecule has 0 saturated heterocycles. The Labute approximate surface area is 136 Å². The Morgan fingerprint density at radius 2 is 2.04 bits per heavy atom. The van der Waals surface area contributed by atoms with Crippen molar-refractivity contribution in [3.8, 4) is 5.75 Å². The van der Waals surface area contributed by atoms with Gasteiger partial charge in [-0.15, -0.1) is 0 Å². The van der Waals surface area contributed by atoms with Crippen LogP contribution in [0.3, 0.4) is 0 Å². The molecule has 2 N–H and O–H groups in total. The normalized spacial score (nSPS) is 11.8. The molecule has 23 heavy (non-hydrogen) atoms. The average molecular weight is 316 g/mol. The van der Waals surface area contributed by atoms with Gasteiger partial charge in [0.15, 0.2) is 0 Å². The summed E-state index contributed by atoms with van der Waals surface area (Å²) >= 11 is 0. The van der Waals surface area contributed by atoms with E-state index in [4.69, 9.17) is 4.74 Å². The first-order chi connectivity index (χ1) is 11.0. The van der Waals surface area contributed by atoms with Crippen LogP contribution >= 0.6 is 0 Å². The molecule has 2 amide bonds. The first kappa shape index (κ1) is 16.9. The molecule has 0 radical (unpaired) electrons. The molecule has 1 atom stereocenters. The fourth-order valence-electron chi connectivity index (χ4n) is 2.38. The minimum Gasteiger partial charge on any atom is -0.492 e. The first-order valence-corrected chi connectivity index (χ1v) is 7.74. The molecule has 6 nitrogen and oxygen atoms in total. The summed E-state index contributed by atoms with van der Waals surface area (Å²) in [5.41, 5.74) is 2.33. The molecular weight excluding hydrogens is 292 g/mol. The number of nitrogens with one attached hydrogen (secondary N) is 2. The predicted molar refractivity (Wildman–Crippen MR) is 89.6 cm³/mol. The Balaban J connectivity index is 1.64. The number of hydrogen-bond donors (Lipinski definition) is 2. The van der Waals surface area contributed by atoms with Crippen LogP contribution in [-0.2, 0) is 6.54 Å². The zero-order valence-corrected chi connectivity index (χ0v) is 13.9. The van der Waals surface area contributed by atoms with Crippen molar-refractivity contribution in [1.82, 2.24) is 20.2 Å². The number of aromatic nitrogens is 2. The number of urea groups is 1. The molecule has 1 aromatic heterocycles. The highest BCUT2D eigenvalue weighted by Gasteiger charge is 2.07. The van der Waals surface area contributed by atoms with Crippen LogP contribution in [0.4, 0.5) is 4.79 Å². The lowest BCUT2D eigenvalue weighted by Gasteiger charge is -2.15. The summed E-state index contributed by atoms with van der Waals surface area (Å²) in [7, 11) is 0.